The van der Waals surface area contributed by atoms with Gasteiger partial charge in [-0.3, -0.25) is 0 Å². The van der Waals surface area contributed by atoms with E-state index in [-0.39, 0.29) is 0 Å². The lowest BCUT2D eigenvalue weighted by Crippen LogP contribution is -2.22. The van der Waals surface area contributed by atoms with Gasteiger partial charge in [0, 0.05) is 0 Å². The molecule has 0 heterocycles. The fourth-order valence-corrected chi connectivity index (χ4v) is 0.382. The first-order chi connectivity index (χ1) is 3.98. The number of alkyl halides is 3. The van der Waals surface area contributed by atoms with Crippen molar-refractivity contribution in [1.82, 2.24) is 0 Å². The van der Waals surface area contributed by atoms with Gasteiger partial charge >= 0.3 is 0 Å². The molecular formula is C5H5Cl3O. The maximum absolute atomic E-state index is 8.82. The third-order valence-corrected chi connectivity index (χ3v) is 1.21. The van der Waals surface area contributed by atoms with Crippen LogP contribution in [0.4, 0.5) is 0 Å². The number of hydrogen-bond donors (Lipinski definition) is 1. The van der Waals surface area contributed by atoms with Gasteiger partial charge in [0.15, 0.2) is 6.10 Å². The molecular weight excluding hydrogens is 182 g/mol. The molecule has 0 aliphatic heterocycles. The van der Waals surface area contributed by atoms with Crippen molar-refractivity contribution >= 4 is 34.8 Å². The van der Waals surface area contributed by atoms with Gasteiger partial charge in [0.05, 0.1) is 0 Å². The van der Waals surface area contributed by atoms with Crippen molar-refractivity contribution in [3.63, 3.8) is 0 Å². The third-order valence-electron chi connectivity index (χ3n) is 0.591. The van der Waals surface area contributed by atoms with E-state index in [1.54, 1.807) is 6.92 Å². The number of aliphatic hydroxyl groups excluding tert-OH is 1. The van der Waals surface area contributed by atoms with Crippen molar-refractivity contribution in [1.29, 1.82) is 0 Å². The van der Waals surface area contributed by atoms with Crippen LogP contribution in [0, 0.1) is 11.8 Å². The molecule has 0 radical (unpaired) electrons. The van der Waals surface area contributed by atoms with Crippen LogP contribution >= 0.6 is 34.8 Å². The summed E-state index contributed by atoms with van der Waals surface area (Å²) in [6, 6.07) is 0. The molecule has 0 aromatic rings. The SMILES string of the molecule is CC#CC(O)C(Cl)(Cl)Cl. The van der Waals surface area contributed by atoms with Gasteiger partial charge in [-0.1, -0.05) is 40.7 Å². The molecule has 0 saturated heterocycles. The standard InChI is InChI=1S/C5H5Cl3O/c1-2-3-4(9)5(6,7)8/h4,9H,1H3. The Morgan fingerprint density at radius 2 is 1.89 bits per heavy atom. The lowest BCUT2D eigenvalue weighted by molar-refractivity contribution is 0.237. The van der Waals surface area contributed by atoms with Gasteiger partial charge in [0.25, 0.3) is 0 Å². The monoisotopic (exact) mass is 186 g/mol. The third kappa shape index (κ3) is 3.89. The average molecular weight is 187 g/mol. The van der Waals surface area contributed by atoms with Crippen LogP contribution in [0.25, 0.3) is 0 Å². The number of hydrogen-bond acceptors (Lipinski definition) is 1. The molecule has 1 unspecified atom stereocenters. The van der Waals surface area contributed by atoms with Gasteiger partial charge < -0.3 is 5.11 Å². The van der Waals surface area contributed by atoms with E-state index in [0.29, 0.717) is 0 Å². The summed E-state index contributed by atoms with van der Waals surface area (Å²) in [5.74, 6) is 4.72. The molecule has 1 atom stereocenters. The highest BCUT2D eigenvalue weighted by Gasteiger charge is 2.28. The van der Waals surface area contributed by atoms with E-state index < -0.39 is 9.90 Å². The summed E-state index contributed by atoms with van der Waals surface area (Å²) in [7, 11) is 0. The molecule has 0 aliphatic carbocycles. The minimum atomic E-state index is -1.69. The molecule has 4 heteroatoms. The molecule has 0 saturated carbocycles. The summed E-state index contributed by atoms with van der Waals surface area (Å²) >= 11 is 15.7. The minimum absolute atomic E-state index is 1.20. The first-order valence-electron chi connectivity index (χ1n) is 2.15. The zero-order chi connectivity index (χ0) is 7.49. The lowest BCUT2D eigenvalue weighted by atomic mass is 10.4. The van der Waals surface area contributed by atoms with Crippen LogP contribution in [0.15, 0.2) is 0 Å². The molecule has 0 aliphatic rings. The van der Waals surface area contributed by atoms with E-state index in [1.165, 1.54) is 0 Å². The maximum atomic E-state index is 8.82. The van der Waals surface area contributed by atoms with Gasteiger partial charge in [-0.05, 0) is 6.92 Å². The number of rotatable bonds is 0. The highest BCUT2D eigenvalue weighted by molar-refractivity contribution is 6.68. The molecule has 0 amide bonds. The Kier molecular flexibility index (Phi) is 3.68. The lowest BCUT2D eigenvalue weighted by Gasteiger charge is -2.11. The molecule has 0 bridgehead atoms. The molecule has 0 aromatic heterocycles. The molecule has 9 heavy (non-hydrogen) atoms. The summed E-state index contributed by atoms with van der Waals surface area (Å²) < 4.78 is -1.69. The quantitative estimate of drug-likeness (QED) is 0.452. The van der Waals surface area contributed by atoms with E-state index in [9.17, 15) is 0 Å². The smallest absolute Gasteiger partial charge is 0.227 e. The number of halogens is 3. The maximum Gasteiger partial charge on any atom is 0.227 e. The molecule has 1 N–H and O–H groups in total. The summed E-state index contributed by atoms with van der Waals surface area (Å²) in [6.45, 7) is 1.56. The summed E-state index contributed by atoms with van der Waals surface area (Å²) in [5, 5.41) is 8.82. The van der Waals surface area contributed by atoms with Gasteiger partial charge in [-0.2, -0.15) is 0 Å². The first-order valence-corrected chi connectivity index (χ1v) is 3.29. The van der Waals surface area contributed by atoms with Crippen molar-refractivity contribution in [2.45, 2.75) is 16.8 Å². The molecule has 0 fully saturated rings. The highest BCUT2D eigenvalue weighted by Crippen LogP contribution is 2.29. The van der Waals surface area contributed by atoms with Crippen molar-refractivity contribution in [3.8, 4) is 11.8 Å². The van der Waals surface area contributed by atoms with Crippen LogP contribution in [0.3, 0.4) is 0 Å². The van der Waals surface area contributed by atoms with Gasteiger partial charge in [-0.15, -0.1) is 5.92 Å². The summed E-state index contributed by atoms with van der Waals surface area (Å²) in [4.78, 5) is 0. The minimum Gasteiger partial charge on any atom is -0.376 e. The van der Waals surface area contributed by atoms with Crippen molar-refractivity contribution < 1.29 is 5.11 Å². The summed E-state index contributed by atoms with van der Waals surface area (Å²) in [6.07, 6.45) is -1.20. The van der Waals surface area contributed by atoms with Crippen LogP contribution in [0.1, 0.15) is 6.92 Å². The zero-order valence-electron chi connectivity index (χ0n) is 4.66. The predicted molar refractivity (Wildman–Crippen MR) is 39.7 cm³/mol. The van der Waals surface area contributed by atoms with Crippen LogP contribution in [0.2, 0.25) is 0 Å². The second-order valence-electron chi connectivity index (χ2n) is 1.34. The van der Waals surface area contributed by atoms with Gasteiger partial charge in [-0.25, -0.2) is 0 Å². The molecule has 0 spiro atoms. The van der Waals surface area contributed by atoms with Crippen molar-refractivity contribution in [2.75, 3.05) is 0 Å². The highest BCUT2D eigenvalue weighted by atomic mass is 35.6. The second kappa shape index (κ2) is 3.53. The predicted octanol–water partition coefficient (Wildman–Crippen LogP) is 1.74. The Balaban J connectivity index is 3.99. The fraction of sp³-hybridized carbons (Fsp3) is 0.600. The van der Waals surface area contributed by atoms with E-state index in [1.807, 2.05) is 0 Å². The van der Waals surface area contributed by atoms with Crippen molar-refractivity contribution in [3.05, 3.63) is 0 Å². The van der Waals surface area contributed by atoms with Gasteiger partial charge in [0.1, 0.15) is 0 Å². The van der Waals surface area contributed by atoms with E-state index >= 15 is 0 Å². The molecule has 52 valence electrons. The zero-order valence-corrected chi connectivity index (χ0v) is 6.93. The van der Waals surface area contributed by atoms with Gasteiger partial charge in [0.2, 0.25) is 3.79 Å². The van der Waals surface area contributed by atoms with E-state index in [4.69, 9.17) is 39.9 Å². The van der Waals surface area contributed by atoms with E-state index in [0.717, 1.165) is 0 Å². The van der Waals surface area contributed by atoms with Crippen molar-refractivity contribution in [2.24, 2.45) is 0 Å². The fourth-order valence-electron chi connectivity index (χ4n) is 0.219. The Labute approximate surface area is 68.9 Å². The number of aliphatic hydroxyl groups is 1. The van der Waals surface area contributed by atoms with E-state index in [2.05, 4.69) is 11.8 Å². The Bertz CT molecular complexity index is 139. The van der Waals surface area contributed by atoms with Crippen LogP contribution in [0.5, 0.6) is 0 Å². The topological polar surface area (TPSA) is 20.2 Å². The molecule has 0 aromatic carbocycles. The molecule has 0 rings (SSSR count). The Hall–Kier alpha value is 0.390. The Morgan fingerprint density at radius 1 is 1.44 bits per heavy atom. The van der Waals surface area contributed by atoms with Crippen LogP contribution in [-0.2, 0) is 0 Å². The van der Waals surface area contributed by atoms with Crippen LogP contribution < -0.4 is 0 Å². The van der Waals surface area contributed by atoms with Crippen LogP contribution in [-0.4, -0.2) is 15.0 Å². The average Bonchev–Trinajstić information content (AvgIpc) is 1.64. The largest absolute Gasteiger partial charge is 0.376 e. The molecule has 1 nitrogen and oxygen atoms in total. The Morgan fingerprint density at radius 3 is 2.00 bits per heavy atom. The normalized spacial score (nSPS) is 13.9. The first kappa shape index (κ1) is 9.39. The summed E-state index contributed by atoms with van der Waals surface area (Å²) in [5.41, 5.74) is 0. The second-order valence-corrected chi connectivity index (χ2v) is 3.71.